The van der Waals surface area contributed by atoms with Crippen molar-refractivity contribution >= 4 is 17.9 Å². The van der Waals surface area contributed by atoms with E-state index in [0.717, 1.165) is 12.8 Å². The van der Waals surface area contributed by atoms with Crippen LogP contribution in [-0.4, -0.2) is 63.8 Å². The average molecular weight is 520 g/mol. The van der Waals surface area contributed by atoms with Crippen molar-refractivity contribution in [2.45, 2.75) is 75.5 Å². The first-order valence-electron chi connectivity index (χ1n) is 12.3. The predicted octanol–water partition coefficient (Wildman–Crippen LogP) is 4.79. The minimum Gasteiger partial charge on any atom is -0.494 e. The number of likely N-dealkylation sites (tertiary alicyclic amines) is 1. The number of aromatic nitrogens is 2. The molecule has 36 heavy (non-hydrogen) atoms. The number of thioether (sulfide) groups is 1. The van der Waals surface area contributed by atoms with Crippen molar-refractivity contribution in [3.05, 3.63) is 34.4 Å². The van der Waals surface area contributed by atoms with Gasteiger partial charge in [0.15, 0.2) is 0 Å². The van der Waals surface area contributed by atoms with Gasteiger partial charge in [-0.25, -0.2) is 4.79 Å². The number of benzene rings is 1. The first-order chi connectivity index (χ1) is 17.1. The molecule has 0 atom stereocenters. The maximum atomic E-state index is 13.9. The summed E-state index contributed by atoms with van der Waals surface area (Å²) in [4.78, 5) is 32.6. The monoisotopic (exact) mass is 519 g/mol. The minimum absolute atomic E-state index is 0.0404. The van der Waals surface area contributed by atoms with E-state index in [1.54, 1.807) is 23.1 Å². The number of carbonyl (C=O) groups excluding carboxylic acids is 1. The Bertz CT molecular complexity index is 1100. The molecule has 2 heterocycles. The minimum atomic E-state index is -0.551. The van der Waals surface area contributed by atoms with E-state index in [1.165, 1.54) is 30.5 Å². The molecule has 3 rings (SSSR count). The molecule has 10 heteroatoms. The Morgan fingerprint density at radius 3 is 2.31 bits per heavy atom. The zero-order chi connectivity index (χ0) is 26.5. The van der Waals surface area contributed by atoms with Crippen molar-refractivity contribution in [1.29, 1.82) is 0 Å². The van der Waals surface area contributed by atoms with Crippen LogP contribution in [0.5, 0.6) is 17.4 Å². The number of aryl methyl sites for hydroxylation is 1. The molecular formula is C26H37N3O6S. The van der Waals surface area contributed by atoms with Crippen LogP contribution in [-0.2, 0) is 11.2 Å². The lowest BCUT2D eigenvalue weighted by Crippen LogP contribution is -2.42. The first kappa shape index (κ1) is 27.7. The van der Waals surface area contributed by atoms with Crippen molar-refractivity contribution in [1.82, 2.24) is 14.5 Å². The molecule has 9 nitrogen and oxygen atoms in total. The Morgan fingerprint density at radius 1 is 1.17 bits per heavy atom. The predicted molar refractivity (Wildman–Crippen MR) is 140 cm³/mol. The smallest absolute Gasteiger partial charge is 0.410 e. The molecule has 0 spiro atoms. The standard InChI is InChI=1S/C26H37N3O6S/c1-7-8-12-20-27-23(30)22(24(31)29(20)21-18(33-5)10-9-11-19(21)34-6)36-17-13-15-28(16-14-17)25(32)35-26(2,3)4/h9-11,17,30H,7-8,12-16H2,1-6H3. The molecule has 0 bridgehead atoms. The lowest BCUT2D eigenvalue weighted by Gasteiger charge is -2.33. The maximum absolute atomic E-state index is 13.9. The molecule has 0 saturated carbocycles. The fourth-order valence-corrected chi connectivity index (χ4v) is 5.20. The van der Waals surface area contributed by atoms with E-state index in [1.807, 2.05) is 20.8 Å². The summed E-state index contributed by atoms with van der Waals surface area (Å²) < 4.78 is 18.1. The van der Waals surface area contributed by atoms with Gasteiger partial charge in [0.05, 0.1) is 14.2 Å². The van der Waals surface area contributed by atoms with Gasteiger partial charge >= 0.3 is 6.09 Å². The Morgan fingerprint density at radius 2 is 1.78 bits per heavy atom. The lowest BCUT2D eigenvalue weighted by atomic mass is 10.1. The van der Waals surface area contributed by atoms with Crippen LogP contribution < -0.4 is 15.0 Å². The second-order valence-corrected chi connectivity index (χ2v) is 11.0. The molecule has 0 unspecified atom stereocenters. The van der Waals surface area contributed by atoms with E-state index in [4.69, 9.17) is 14.2 Å². The summed E-state index contributed by atoms with van der Waals surface area (Å²) in [7, 11) is 3.08. The molecule has 1 saturated heterocycles. The van der Waals surface area contributed by atoms with E-state index in [2.05, 4.69) is 11.9 Å². The van der Waals surface area contributed by atoms with Crippen LogP contribution in [0.15, 0.2) is 27.9 Å². The maximum Gasteiger partial charge on any atom is 0.410 e. The van der Waals surface area contributed by atoms with Crippen LogP contribution in [0.25, 0.3) is 5.69 Å². The molecule has 1 fully saturated rings. The fraction of sp³-hybridized carbons (Fsp3) is 0.577. The number of rotatable bonds is 8. The molecule has 1 aromatic carbocycles. The van der Waals surface area contributed by atoms with Crippen LogP contribution in [0.4, 0.5) is 4.79 Å². The highest BCUT2D eigenvalue weighted by atomic mass is 32.2. The molecule has 1 N–H and O–H groups in total. The van der Waals surface area contributed by atoms with Crippen LogP contribution in [0.2, 0.25) is 0 Å². The summed E-state index contributed by atoms with van der Waals surface area (Å²) >= 11 is 1.31. The van der Waals surface area contributed by atoms with E-state index < -0.39 is 5.60 Å². The third-order valence-corrected chi connectivity index (χ3v) is 7.25. The number of aromatic hydroxyl groups is 1. The zero-order valence-electron chi connectivity index (χ0n) is 22.0. The van der Waals surface area contributed by atoms with Crippen molar-refractivity contribution in [3.63, 3.8) is 0 Å². The summed E-state index contributed by atoms with van der Waals surface area (Å²) in [6.07, 6.45) is 3.23. The highest BCUT2D eigenvalue weighted by Crippen LogP contribution is 2.36. The average Bonchev–Trinajstić information content (AvgIpc) is 2.84. The van der Waals surface area contributed by atoms with Crippen LogP contribution in [0.3, 0.4) is 0 Å². The molecule has 1 aliphatic heterocycles. The number of ether oxygens (including phenoxy) is 3. The Balaban J connectivity index is 1.93. The van der Waals surface area contributed by atoms with Crippen molar-refractivity contribution in [3.8, 4) is 23.1 Å². The number of unbranched alkanes of at least 4 members (excludes halogenated alkanes) is 1. The van der Waals surface area contributed by atoms with Gasteiger partial charge < -0.3 is 24.2 Å². The van der Waals surface area contributed by atoms with Gasteiger partial charge in [-0.15, -0.1) is 11.8 Å². The highest BCUT2D eigenvalue weighted by Gasteiger charge is 2.30. The largest absolute Gasteiger partial charge is 0.494 e. The first-order valence-corrected chi connectivity index (χ1v) is 13.2. The topological polar surface area (TPSA) is 103 Å². The zero-order valence-corrected chi connectivity index (χ0v) is 22.8. The number of piperidine rings is 1. The number of methoxy groups -OCH3 is 2. The number of hydrogen-bond acceptors (Lipinski definition) is 8. The third kappa shape index (κ3) is 6.46. The van der Waals surface area contributed by atoms with Crippen molar-refractivity contribution in [2.24, 2.45) is 0 Å². The fourth-order valence-electron chi connectivity index (χ4n) is 4.08. The van der Waals surface area contributed by atoms with Gasteiger partial charge in [0.2, 0.25) is 5.88 Å². The molecule has 0 radical (unpaired) electrons. The van der Waals surface area contributed by atoms with Crippen LogP contribution >= 0.6 is 11.8 Å². The molecule has 1 aromatic heterocycles. The number of carbonyl (C=O) groups is 1. The SMILES string of the molecule is CCCCc1nc(O)c(SC2CCN(C(=O)OC(C)(C)C)CC2)c(=O)n1-c1c(OC)cccc1OC. The number of hydrogen-bond donors (Lipinski definition) is 1. The van der Waals surface area contributed by atoms with E-state index in [0.29, 0.717) is 55.4 Å². The van der Waals surface area contributed by atoms with Gasteiger partial charge in [-0.05, 0) is 52.2 Å². The van der Waals surface area contributed by atoms with Gasteiger partial charge in [-0.1, -0.05) is 19.4 Å². The van der Waals surface area contributed by atoms with E-state index in [-0.39, 0.29) is 27.7 Å². The third-order valence-electron chi connectivity index (χ3n) is 5.85. The number of nitrogens with zero attached hydrogens (tertiary/aromatic N) is 3. The quantitative estimate of drug-likeness (QED) is 0.531. The van der Waals surface area contributed by atoms with Crippen molar-refractivity contribution in [2.75, 3.05) is 27.3 Å². The number of para-hydroxylation sites is 1. The summed E-state index contributed by atoms with van der Waals surface area (Å²) in [5, 5.41) is 10.8. The van der Waals surface area contributed by atoms with Gasteiger partial charge in [0, 0.05) is 24.8 Å². The number of amides is 1. The summed E-state index contributed by atoms with van der Waals surface area (Å²) in [5.41, 5.74) is -0.451. The normalized spacial score (nSPS) is 14.6. The Kier molecular flexibility index (Phi) is 9.16. The van der Waals surface area contributed by atoms with E-state index in [9.17, 15) is 14.7 Å². The van der Waals surface area contributed by atoms with Crippen LogP contribution in [0, 0.1) is 0 Å². The Hall–Kier alpha value is -2.88. The van der Waals surface area contributed by atoms with Gasteiger partial charge in [-0.2, -0.15) is 4.98 Å². The molecule has 1 aliphatic rings. The summed E-state index contributed by atoms with van der Waals surface area (Å²) in [5.74, 6) is 1.13. The van der Waals surface area contributed by atoms with Gasteiger partial charge in [0.25, 0.3) is 5.56 Å². The van der Waals surface area contributed by atoms with Crippen molar-refractivity contribution < 1.29 is 24.1 Å². The highest BCUT2D eigenvalue weighted by molar-refractivity contribution is 8.00. The molecular weight excluding hydrogens is 482 g/mol. The lowest BCUT2D eigenvalue weighted by molar-refractivity contribution is 0.0219. The van der Waals surface area contributed by atoms with Gasteiger partial charge in [0.1, 0.15) is 33.5 Å². The molecule has 0 aliphatic carbocycles. The second kappa shape index (κ2) is 11.9. The van der Waals surface area contributed by atoms with E-state index >= 15 is 0 Å². The molecule has 2 aromatic rings. The summed E-state index contributed by atoms with van der Waals surface area (Å²) in [6.45, 7) is 8.62. The second-order valence-electron chi connectivity index (χ2n) is 9.72. The summed E-state index contributed by atoms with van der Waals surface area (Å²) in [6, 6.07) is 5.32. The van der Waals surface area contributed by atoms with Gasteiger partial charge in [-0.3, -0.25) is 9.36 Å². The molecule has 198 valence electrons. The Labute approximate surface area is 216 Å². The molecule has 1 amide bonds. The van der Waals surface area contributed by atoms with Crippen LogP contribution in [0.1, 0.15) is 59.2 Å².